The van der Waals surface area contributed by atoms with Gasteiger partial charge in [0, 0.05) is 25.1 Å². The Morgan fingerprint density at radius 1 is 1.31 bits per heavy atom. The van der Waals surface area contributed by atoms with Crippen molar-refractivity contribution >= 4 is 17.8 Å². The molecule has 2 heterocycles. The average molecular weight is 438 g/mol. The molecule has 1 saturated heterocycles. The summed E-state index contributed by atoms with van der Waals surface area (Å²) in [6, 6.07) is 10.6. The number of carboxylic acid groups (broad SMARTS) is 1. The van der Waals surface area contributed by atoms with Crippen molar-refractivity contribution in [2.24, 2.45) is 11.8 Å². The molecule has 8 nitrogen and oxygen atoms in total. The highest BCUT2D eigenvalue weighted by molar-refractivity contribution is 5.94. The van der Waals surface area contributed by atoms with Crippen LogP contribution in [0.3, 0.4) is 0 Å². The molecule has 9 heteroatoms. The minimum absolute atomic E-state index is 0.0313. The van der Waals surface area contributed by atoms with Crippen LogP contribution in [-0.2, 0) is 4.79 Å². The molecule has 2 fully saturated rings. The van der Waals surface area contributed by atoms with Crippen LogP contribution in [0.1, 0.15) is 25.3 Å². The Bertz CT molecular complexity index is 1090. The van der Waals surface area contributed by atoms with E-state index in [1.165, 1.54) is 0 Å². The van der Waals surface area contributed by atoms with Crippen molar-refractivity contribution < 1.29 is 23.8 Å². The Balaban J connectivity index is 1.48. The van der Waals surface area contributed by atoms with Crippen molar-refractivity contribution in [1.29, 1.82) is 5.26 Å². The van der Waals surface area contributed by atoms with Gasteiger partial charge in [0.1, 0.15) is 23.7 Å². The van der Waals surface area contributed by atoms with Gasteiger partial charge in [0.05, 0.1) is 12.1 Å². The lowest BCUT2D eigenvalue weighted by Crippen LogP contribution is -2.48. The zero-order valence-corrected chi connectivity index (χ0v) is 17.5. The number of benzene rings is 1. The number of amides is 2. The number of pyridine rings is 1. The van der Waals surface area contributed by atoms with Crippen LogP contribution in [0.25, 0.3) is 11.1 Å². The number of nitrogens with zero attached hydrogens (tertiary/aromatic N) is 3. The fourth-order valence-corrected chi connectivity index (χ4v) is 3.84. The highest BCUT2D eigenvalue weighted by Gasteiger charge is 2.39. The maximum Gasteiger partial charge on any atom is 0.407 e. The summed E-state index contributed by atoms with van der Waals surface area (Å²) in [5, 5.41) is 21.4. The number of rotatable bonds is 5. The quantitative estimate of drug-likeness (QED) is 0.736. The molecule has 2 aromatic rings. The topological polar surface area (TPSA) is 116 Å². The molecule has 1 aromatic heterocycles. The Labute approximate surface area is 184 Å². The third-order valence-corrected chi connectivity index (χ3v) is 5.92. The first kappa shape index (κ1) is 21.6. The zero-order valence-electron chi connectivity index (χ0n) is 17.5. The number of carbonyl (C=O) groups is 2. The maximum absolute atomic E-state index is 14.4. The summed E-state index contributed by atoms with van der Waals surface area (Å²) in [6.45, 7) is 1.94. The first-order valence-electron chi connectivity index (χ1n) is 10.5. The van der Waals surface area contributed by atoms with Gasteiger partial charge in [-0.15, -0.1) is 0 Å². The number of carbonyl (C=O) groups excluding carboxylic acids is 1. The van der Waals surface area contributed by atoms with Crippen LogP contribution < -0.4 is 10.1 Å². The van der Waals surface area contributed by atoms with E-state index < -0.39 is 18.4 Å². The van der Waals surface area contributed by atoms with Crippen molar-refractivity contribution in [1.82, 2.24) is 9.88 Å². The number of piperidine rings is 1. The van der Waals surface area contributed by atoms with Gasteiger partial charge < -0.3 is 20.1 Å². The van der Waals surface area contributed by atoms with Crippen LogP contribution in [0.2, 0.25) is 0 Å². The minimum Gasteiger partial charge on any atom is -0.486 e. The summed E-state index contributed by atoms with van der Waals surface area (Å²) in [5.41, 5.74) is 1.73. The third kappa shape index (κ3) is 4.64. The second-order valence-electron chi connectivity index (χ2n) is 8.25. The molecule has 32 heavy (non-hydrogen) atoms. The Morgan fingerprint density at radius 2 is 2.06 bits per heavy atom. The minimum atomic E-state index is -1.48. The number of nitrogens with one attached hydrogen (secondary N) is 1. The number of anilines is 1. The summed E-state index contributed by atoms with van der Waals surface area (Å²) in [4.78, 5) is 28.4. The van der Waals surface area contributed by atoms with Crippen LogP contribution in [-0.4, -0.2) is 52.4 Å². The van der Waals surface area contributed by atoms with E-state index in [2.05, 4.69) is 16.4 Å². The summed E-state index contributed by atoms with van der Waals surface area (Å²) < 4.78 is 20.1. The van der Waals surface area contributed by atoms with E-state index in [4.69, 9.17) is 9.84 Å². The molecule has 4 rings (SSSR count). The average Bonchev–Trinajstić information content (AvgIpc) is 3.52. The van der Waals surface area contributed by atoms with Gasteiger partial charge in [-0.25, -0.2) is 14.2 Å². The Hall–Kier alpha value is -3.67. The normalized spacial score (nSPS) is 24.3. The van der Waals surface area contributed by atoms with Crippen LogP contribution in [0.5, 0.6) is 5.75 Å². The number of aromatic nitrogens is 1. The molecular formula is C23H23FN4O4. The predicted molar refractivity (Wildman–Crippen MR) is 114 cm³/mol. The van der Waals surface area contributed by atoms with Crippen molar-refractivity contribution in [3.05, 3.63) is 42.1 Å². The number of alkyl halides is 1. The predicted octanol–water partition coefficient (Wildman–Crippen LogP) is 3.68. The van der Waals surface area contributed by atoms with Gasteiger partial charge in [0.25, 0.3) is 0 Å². The molecule has 1 aliphatic heterocycles. The number of likely N-dealkylation sites (tertiary alicyclic amines) is 1. The van der Waals surface area contributed by atoms with E-state index >= 15 is 0 Å². The largest absolute Gasteiger partial charge is 0.486 e. The van der Waals surface area contributed by atoms with Gasteiger partial charge >= 0.3 is 6.09 Å². The zero-order chi connectivity index (χ0) is 22.8. The van der Waals surface area contributed by atoms with Gasteiger partial charge in [-0.05, 0) is 47.7 Å². The lowest BCUT2D eigenvalue weighted by Gasteiger charge is -2.33. The lowest BCUT2D eigenvalue weighted by atomic mass is 10.0. The molecule has 0 radical (unpaired) electrons. The summed E-state index contributed by atoms with van der Waals surface area (Å²) in [5.74, 6) is 1.07. The van der Waals surface area contributed by atoms with Crippen molar-refractivity contribution in [3.63, 3.8) is 0 Å². The fraction of sp³-hybridized carbons (Fsp3) is 0.391. The van der Waals surface area contributed by atoms with E-state index in [1.807, 2.05) is 6.92 Å². The SMILES string of the molecule is C[C@@H]1C[C@H]1C(=O)Nc1cc(-c2ccc(O[C@H]3CCN(C(=O)O)C[C@H]3F)c(C#N)c2)ccn1. The smallest absolute Gasteiger partial charge is 0.407 e. The molecule has 1 aliphatic carbocycles. The molecule has 4 atom stereocenters. The standard InChI is InChI=1S/C23H23FN4O4/c1-13-8-17(13)22(29)27-21-10-15(4-6-26-21)14-2-3-19(16(9-14)11-25)32-20-5-7-28(23(30)31)12-18(20)24/h2-4,6,9-10,13,17-18,20H,5,7-8,12H2,1H3,(H,30,31)(H,26,27,29)/t13-,17-,18-,20+/m1/s1. The first-order valence-corrected chi connectivity index (χ1v) is 10.5. The van der Waals surface area contributed by atoms with E-state index in [-0.39, 0.29) is 42.6 Å². The van der Waals surface area contributed by atoms with Crippen molar-refractivity contribution in [3.8, 4) is 22.9 Å². The molecular weight excluding hydrogens is 415 g/mol. The van der Waals surface area contributed by atoms with Gasteiger partial charge in [-0.1, -0.05) is 13.0 Å². The third-order valence-electron chi connectivity index (χ3n) is 5.92. The molecule has 1 saturated carbocycles. The fourth-order valence-electron chi connectivity index (χ4n) is 3.84. The summed E-state index contributed by atoms with van der Waals surface area (Å²) in [6.07, 6.45) is -0.794. The molecule has 0 spiro atoms. The van der Waals surface area contributed by atoms with Crippen LogP contribution >= 0.6 is 0 Å². The Kier molecular flexibility index (Phi) is 5.95. The molecule has 1 aromatic carbocycles. The van der Waals surface area contributed by atoms with E-state index in [9.17, 15) is 19.2 Å². The van der Waals surface area contributed by atoms with Crippen LogP contribution in [0.4, 0.5) is 15.0 Å². The molecule has 0 bridgehead atoms. The van der Waals surface area contributed by atoms with Crippen LogP contribution in [0, 0.1) is 23.2 Å². The van der Waals surface area contributed by atoms with E-state index in [1.54, 1.807) is 36.5 Å². The Morgan fingerprint density at radius 3 is 2.72 bits per heavy atom. The second-order valence-corrected chi connectivity index (χ2v) is 8.25. The molecule has 0 unspecified atom stereocenters. The summed E-state index contributed by atoms with van der Waals surface area (Å²) >= 11 is 0. The molecule has 166 valence electrons. The monoisotopic (exact) mass is 438 g/mol. The van der Waals surface area contributed by atoms with Crippen molar-refractivity contribution in [2.75, 3.05) is 18.4 Å². The van der Waals surface area contributed by atoms with E-state index in [0.29, 0.717) is 11.7 Å². The van der Waals surface area contributed by atoms with Crippen molar-refractivity contribution in [2.45, 2.75) is 32.0 Å². The number of nitriles is 1. The highest BCUT2D eigenvalue weighted by Crippen LogP contribution is 2.38. The molecule has 2 N–H and O–H groups in total. The number of hydrogen-bond acceptors (Lipinski definition) is 5. The lowest BCUT2D eigenvalue weighted by molar-refractivity contribution is -0.117. The van der Waals surface area contributed by atoms with Gasteiger partial charge in [0.2, 0.25) is 5.91 Å². The molecule has 2 amide bonds. The van der Waals surface area contributed by atoms with Gasteiger partial charge in [-0.2, -0.15) is 5.26 Å². The first-order chi connectivity index (χ1) is 15.4. The highest BCUT2D eigenvalue weighted by atomic mass is 19.1. The number of hydrogen-bond donors (Lipinski definition) is 2. The van der Waals surface area contributed by atoms with Crippen LogP contribution in [0.15, 0.2) is 36.5 Å². The number of ether oxygens (including phenoxy) is 1. The summed E-state index contributed by atoms with van der Waals surface area (Å²) in [7, 11) is 0. The van der Waals surface area contributed by atoms with E-state index in [0.717, 1.165) is 22.4 Å². The molecule has 2 aliphatic rings. The van der Waals surface area contributed by atoms with Gasteiger partial charge in [0.15, 0.2) is 6.17 Å². The second kappa shape index (κ2) is 8.83. The number of halogens is 1. The van der Waals surface area contributed by atoms with Gasteiger partial charge in [-0.3, -0.25) is 4.79 Å². The maximum atomic E-state index is 14.4.